The van der Waals surface area contributed by atoms with Gasteiger partial charge in [-0.1, -0.05) is 0 Å². The smallest absolute Gasteiger partial charge is 0.279 e. The molecule has 0 saturated heterocycles. The van der Waals surface area contributed by atoms with Crippen molar-refractivity contribution >= 4 is 0 Å². The van der Waals surface area contributed by atoms with Crippen LogP contribution in [0.25, 0.3) is 11.3 Å². The topological polar surface area (TPSA) is 61.5 Å². The fourth-order valence-corrected chi connectivity index (χ4v) is 1.24. The molecule has 1 N–H and O–H groups in total. The van der Waals surface area contributed by atoms with Gasteiger partial charge in [0.25, 0.3) is 5.88 Å². The Labute approximate surface area is 75.3 Å². The van der Waals surface area contributed by atoms with Gasteiger partial charge >= 0.3 is 0 Å². The lowest BCUT2D eigenvalue weighted by molar-refractivity contribution is 0.339. The number of nitrogens with one attached hydrogen (secondary N) is 1. The molecule has 0 bridgehead atoms. The first-order valence-electron chi connectivity index (χ1n) is 3.92. The lowest BCUT2D eigenvalue weighted by Crippen LogP contribution is -1.86. The molecular weight excluding hydrogens is 166 g/mol. The maximum Gasteiger partial charge on any atom is 0.279 e. The predicted molar refractivity (Wildman–Crippen MR) is 46.7 cm³/mol. The molecule has 2 aromatic rings. The van der Waals surface area contributed by atoms with E-state index in [1.807, 2.05) is 6.92 Å². The van der Waals surface area contributed by atoms with Gasteiger partial charge in [-0.3, -0.25) is 10.2 Å². The van der Waals surface area contributed by atoms with Crippen LogP contribution in [0.4, 0.5) is 0 Å². The molecule has 0 amide bonds. The van der Waals surface area contributed by atoms with Gasteiger partial charge in [0.15, 0.2) is 0 Å². The molecule has 0 fully saturated rings. The number of aryl methyl sites for hydroxylation is 1. The van der Waals surface area contributed by atoms with Crippen molar-refractivity contribution in [2.75, 3.05) is 0 Å². The molecule has 4 nitrogen and oxygen atoms in total. The van der Waals surface area contributed by atoms with Crippen LogP contribution in [-0.2, 0) is 5.11 Å². The van der Waals surface area contributed by atoms with Crippen LogP contribution >= 0.6 is 0 Å². The summed E-state index contributed by atoms with van der Waals surface area (Å²) in [5.41, 5.74) is 2.12. The van der Waals surface area contributed by atoms with Crippen molar-refractivity contribution in [3.8, 4) is 17.1 Å². The van der Waals surface area contributed by atoms with Crippen molar-refractivity contribution < 1.29 is 5.11 Å². The number of pyridine rings is 1. The Morgan fingerprint density at radius 2 is 2.23 bits per heavy atom. The summed E-state index contributed by atoms with van der Waals surface area (Å²) < 4.78 is 0. The maximum absolute atomic E-state index is 11.4. The summed E-state index contributed by atoms with van der Waals surface area (Å²) in [6.07, 6.45) is 3.19. The van der Waals surface area contributed by atoms with Gasteiger partial charge in [0.05, 0.1) is 11.3 Å². The minimum absolute atomic E-state index is 0.230. The number of nitrogens with zero attached hydrogens (tertiary/aromatic N) is 2. The van der Waals surface area contributed by atoms with Crippen LogP contribution in [0.5, 0.6) is 5.88 Å². The van der Waals surface area contributed by atoms with Gasteiger partial charge in [0.2, 0.25) is 0 Å². The van der Waals surface area contributed by atoms with E-state index >= 15 is 0 Å². The van der Waals surface area contributed by atoms with Gasteiger partial charge in [-0.15, -0.1) is 0 Å². The van der Waals surface area contributed by atoms with Crippen LogP contribution < -0.4 is 0 Å². The van der Waals surface area contributed by atoms with E-state index < -0.39 is 0 Å². The van der Waals surface area contributed by atoms with Crippen LogP contribution in [-0.4, -0.2) is 15.2 Å². The van der Waals surface area contributed by atoms with Crippen molar-refractivity contribution in [2.24, 2.45) is 0 Å². The second-order valence-electron chi connectivity index (χ2n) is 2.77. The largest absolute Gasteiger partial charge is 0.285 e. The normalized spacial score (nSPS) is 10.2. The number of hydrogen-bond donors (Lipinski definition) is 1. The number of rotatable bonds is 1. The van der Waals surface area contributed by atoms with Gasteiger partial charge in [0, 0.05) is 12.4 Å². The van der Waals surface area contributed by atoms with E-state index in [-0.39, 0.29) is 5.88 Å². The van der Waals surface area contributed by atoms with Gasteiger partial charge in [0.1, 0.15) is 0 Å². The first kappa shape index (κ1) is 7.79. The summed E-state index contributed by atoms with van der Waals surface area (Å²) in [7, 11) is 0. The molecule has 2 rings (SSSR count). The van der Waals surface area contributed by atoms with Crippen molar-refractivity contribution in [3.05, 3.63) is 30.1 Å². The lowest BCUT2D eigenvalue weighted by atomic mass is 10.1. The maximum atomic E-state index is 11.4. The summed E-state index contributed by atoms with van der Waals surface area (Å²) >= 11 is 0. The molecule has 0 aliphatic rings. The van der Waals surface area contributed by atoms with E-state index in [0.29, 0.717) is 11.3 Å². The second-order valence-corrected chi connectivity index (χ2v) is 2.77. The first-order valence-corrected chi connectivity index (χ1v) is 3.92. The van der Waals surface area contributed by atoms with Gasteiger partial charge in [-0.25, -0.2) is 4.98 Å². The third-order valence-electron chi connectivity index (χ3n) is 1.88. The predicted octanol–water partition coefficient (Wildman–Crippen LogP) is 1.92. The summed E-state index contributed by atoms with van der Waals surface area (Å²) in [5.74, 6) is -0.230. The van der Waals surface area contributed by atoms with Crippen molar-refractivity contribution in [1.29, 1.82) is 0 Å². The van der Waals surface area contributed by atoms with E-state index in [2.05, 4.69) is 15.2 Å². The SMILES string of the molecule is Cc1ccnc([O])c1-c1cc[nH]n1. The Bertz CT molecular complexity index is 389. The highest BCUT2D eigenvalue weighted by Gasteiger charge is 2.11. The Balaban J connectivity index is 2.64. The summed E-state index contributed by atoms with van der Waals surface area (Å²) in [5, 5.41) is 18.0. The number of aromatic amines is 1. The fraction of sp³-hybridized carbons (Fsp3) is 0.111. The van der Waals surface area contributed by atoms with Gasteiger partial charge in [-0.05, 0) is 24.6 Å². The molecule has 4 heteroatoms. The standard InChI is InChI=1S/C9H8N3O/c1-6-2-4-10-9(13)8(6)7-3-5-11-12-7/h2-5H,1H3,(H,11,12). The minimum atomic E-state index is -0.230. The molecule has 65 valence electrons. The van der Waals surface area contributed by atoms with Crippen LogP contribution in [0.2, 0.25) is 0 Å². The molecule has 0 saturated carbocycles. The van der Waals surface area contributed by atoms with E-state index in [9.17, 15) is 5.11 Å². The quantitative estimate of drug-likeness (QED) is 0.717. The first-order chi connectivity index (χ1) is 6.29. The molecule has 0 aromatic carbocycles. The van der Waals surface area contributed by atoms with E-state index in [4.69, 9.17) is 0 Å². The average molecular weight is 174 g/mol. The number of H-pyrrole nitrogens is 1. The third-order valence-corrected chi connectivity index (χ3v) is 1.88. The zero-order valence-electron chi connectivity index (χ0n) is 7.11. The molecule has 2 heterocycles. The van der Waals surface area contributed by atoms with Crippen molar-refractivity contribution in [1.82, 2.24) is 15.2 Å². The molecule has 0 aliphatic heterocycles. The second kappa shape index (κ2) is 2.90. The summed E-state index contributed by atoms with van der Waals surface area (Å²) in [6.45, 7) is 1.87. The third kappa shape index (κ3) is 1.26. The Morgan fingerprint density at radius 3 is 2.85 bits per heavy atom. The zero-order chi connectivity index (χ0) is 9.26. The molecule has 0 atom stereocenters. The highest BCUT2D eigenvalue weighted by Crippen LogP contribution is 2.28. The van der Waals surface area contributed by atoms with Crippen molar-refractivity contribution in [2.45, 2.75) is 6.92 Å². The Morgan fingerprint density at radius 1 is 1.38 bits per heavy atom. The Kier molecular flexibility index (Phi) is 1.73. The van der Waals surface area contributed by atoms with Crippen LogP contribution in [0.3, 0.4) is 0 Å². The Hall–Kier alpha value is -1.84. The summed E-state index contributed by atoms with van der Waals surface area (Å²) in [6, 6.07) is 3.55. The highest BCUT2D eigenvalue weighted by atomic mass is 16.3. The van der Waals surface area contributed by atoms with Crippen molar-refractivity contribution in [3.63, 3.8) is 0 Å². The minimum Gasteiger partial charge on any atom is -0.285 e. The number of aromatic nitrogens is 3. The number of hydrogen-bond acceptors (Lipinski definition) is 2. The lowest BCUT2D eigenvalue weighted by Gasteiger charge is -2.00. The molecule has 0 unspecified atom stereocenters. The molecule has 1 radical (unpaired) electrons. The van der Waals surface area contributed by atoms with Crippen LogP contribution in [0.1, 0.15) is 5.56 Å². The molecule has 2 aromatic heterocycles. The monoisotopic (exact) mass is 174 g/mol. The molecule has 0 spiro atoms. The highest BCUT2D eigenvalue weighted by molar-refractivity contribution is 5.67. The zero-order valence-corrected chi connectivity index (χ0v) is 7.11. The fourth-order valence-electron chi connectivity index (χ4n) is 1.24. The molecule has 0 aliphatic carbocycles. The van der Waals surface area contributed by atoms with E-state index in [0.717, 1.165) is 5.56 Å². The molecular formula is C9H8N3O. The molecule has 13 heavy (non-hydrogen) atoms. The van der Waals surface area contributed by atoms with Crippen LogP contribution in [0.15, 0.2) is 24.5 Å². The average Bonchev–Trinajstić information content (AvgIpc) is 2.57. The van der Waals surface area contributed by atoms with Crippen LogP contribution in [0, 0.1) is 6.92 Å². The van der Waals surface area contributed by atoms with E-state index in [1.165, 1.54) is 6.20 Å². The van der Waals surface area contributed by atoms with Gasteiger partial charge in [-0.2, -0.15) is 5.10 Å². The van der Waals surface area contributed by atoms with Gasteiger partial charge < -0.3 is 0 Å². The van der Waals surface area contributed by atoms with E-state index in [1.54, 1.807) is 18.3 Å². The summed E-state index contributed by atoms with van der Waals surface area (Å²) in [4.78, 5) is 3.69.